The molecule has 2 saturated carbocycles. The highest BCUT2D eigenvalue weighted by atomic mass is 16.3. The third-order valence-electron chi connectivity index (χ3n) is 4.20. The van der Waals surface area contributed by atoms with Gasteiger partial charge in [-0.05, 0) is 43.6 Å². The average Bonchev–Trinajstić information content (AvgIpc) is 2.44. The van der Waals surface area contributed by atoms with Crippen molar-refractivity contribution in [3.63, 3.8) is 0 Å². The molecular weight excluding hydrogens is 162 g/mol. The van der Waals surface area contributed by atoms with Crippen LogP contribution in [0.1, 0.15) is 39.0 Å². The Hall–Kier alpha value is -0.0800. The summed E-state index contributed by atoms with van der Waals surface area (Å²) in [5.74, 6) is 1.85. The van der Waals surface area contributed by atoms with Gasteiger partial charge in [-0.15, -0.1) is 0 Å². The van der Waals surface area contributed by atoms with Crippen LogP contribution in [-0.4, -0.2) is 17.3 Å². The van der Waals surface area contributed by atoms with Crippen LogP contribution in [-0.2, 0) is 0 Å². The summed E-state index contributed by atoms with van der Waals surface area (Å²) in [7, 11) is 0. The van der Waals surface area contributed by atoms with Gasteiger partial charge in [-0.25, -0.2) is 0 Å². The molecule has 2 bridgehead atoms. The van der Waals surface area contributed by atoms with E-state index in [1.54, 1.807) is 0 Å². The fourth-order valence-corrected chi connectivity index (χ4v) is 3.25. The summed E-state index contributed by atoms with van der Waals surface area (Å²) in [5, 5.41) is 10.4. The molecule has 2 rings (SSSR count). The minimum atomic E-state index is -0.432. The maximum absolute atomic E-state index is 10.4. The van der Waals surface area contributed by atoms with E-state index in [2.05, 4.69) is 6.92 Å². The predicted octanol–water partition coefficient (Wildman–Crippen LogP) is 1.52. The molecule has 2 nitrogen and oxygen atoms in total. The molecule has 0 aromatic rings. The minimum Gasteiger partial charge on any atom is -0.390 e. The molecule has 0 aromatic carbocycles. The van der Waals surface area contributed by atoms with Gasteiger partial charge in [0.2, 0.25) is 0 Å². The van der Waals surface area contributed by atoms with Gasteiger partial charge in [-0.2, -0.15) is 0 Å². The standard InChI is InChI=1S/C11H21NO/c1-8(7-12)11(13)5-9-2-3-10(4-9)6-11/h8-10,13H,2-7,12H2,1H3. The molecule has 3 atom stereocenters. The van der Waals surface area contributed by atoms with Crippen molar-refractivity contribution in [3.8, 4) is 0 Å². The number of rotatable bonds is 2. The minimum absolute atomic E-state index is 0.274. The van der Waals surface area contributed by atoms with Crippen molar-refractivity contribution in [2.75, 3.05) is 6.54 Å². The third kappa shape index (κ3) is 1.62. The van der Waals surface area contributed by atoms with Gasteiger partial charge in [0.25, 0.3) is 0 Å². The van der Waals surface area contributed by atoms with Crippen LogP contribution in [0.25, 0.3) is 0 Å². The second-order valence-corrected chi connectivity index (χ2v) is 5.19. The van der Waals surface area contributed by atoms with Crippen LogP contribution in [0.4, 0.5) is 0 Å². The summed E-state index contributed by atoms with van der Waals surface area (Å²) in [6.45, 7) is 2.71. The van der Waals surface area contributed by atoms with Crippen molar-refractivity contribution in [1.82, 2.24) is 0 Å². The molecule has 13 heavy (non-hydrogen) atoms. The van der Waals surface area contributed by atoms with E-state index in [1.165, 1.54) is 19.3 Å². The van der Waals surface area contributed by atoms with Crippen molar-refractivity contribution in [3.05, 3.63) is 0 Å². The van der Waals surface area contributed by atoms with Gasteiger partial charge >= 0.3 is 0 Å². The number of hydrogen-bond acceptors (Lipinski definition) is 2. The van der Waals surface area contributed by atoms with Crippen LogP contribution < -0.4 is 5.73 Å². The highest BCUT2D eigenvalue weighted by Gasteiger charge is 2.44. The first-order valence-corrected chi connectivity index (χ1v) is 5.56. The largest absolute Gasteiger partial charge is 0.390 e. The second kappa shape index (κ2) is 3.25. The average molecular weight is 183 g/mol. The molecular formula is C11H21NO. The first-order valence-electron chi connectivity index (χ1n) is 5.56. The molecule has 2 heteroatoms. The number of nitrogens with two attached hydrogens (primary N) is 1. The quantitative estimate of drug-likeness (QED) is 0.682. The summed E-state index contributed by atoms with van der Waals surface area (Å²) in [6, 6.07) is 0. The Kier molecular flexibility index (Phi) is 2.37. The molecule has 0 aromatic heterocycles. The van der Waals surface area contributed by atoms with E-state index < -0.39 is 5.60 Å². The zero-order valence-electron chi connectivity index (χ0n) is 8.50. The fraction of sp³-hybridized carbons (Fsp3) is 1.00. The van der Waals surface area contributed by atoms with E-state index in [1.807, 2.05) is 0 Å². The molecule has 76 valence electrons. The first-order chi connectivity index (χ1) is 6.14. The molecule has 2 fully saturated rings. The van der Waals surface area contributed by atoms with Crippen LogP contribution in [0.2, 0.25) is 0 Å². The van der Waals surface area contributed by atoms with Crippen molar-refractivity contribution >= 4 is 0 Å². The Morgan fingerprint density at radius 3 is 2.38 bits per heavy atom. The molecule has 0 radical (unpaired) electrons. The lowest BCUT2D eigenvalue weighted by molar-refractivity contribution is -0.0605. The molecule has 3 unspecified atom stereocenters. The summed E-state index contributed by atoms with van der Waals surface area (Å²) >= 11 is 0. The van der Waals surface area contributed by atoms with Crippen molar-refractivity contribution in [2.24, 2.45) is 23.5 Å². The van der Waals surface area contributed by atoms with Gasteiger partial charge in [-0.1, -0.05) is 19.8 Å². The van der Waals surface area contributed by atoms with E-state index >= 15 is 0 Å². The normalized spacial score (nSPS) is 46.4. The summed E-state index contributed by atoms with van der Waals surface area (Å²) in [4.78, 5) is 0. The van der Waals surface area contributed by atoms with Gasteiger partial charge in [0, 0.05) is 0 Å². The first kappa shape index (κ1) is 9.47. The number of hydrogen-bond donors (Lipinski definition) is 2. The SMILES string of the molecule is CC(CN)C1(O)CC2CCC(C2)C1. The van der Waals surface area contributed by atoms with Crippen molar-refractivity contribution in [1.29, 1.82) is 0 Å². The van der Waals surface area contributed by atoms with Crippen LogP contribution in [0, 0.1) is 17.8 Å². The van der Waals surface area contributed by atoms with E-state index in [0.717, 1.165) is 24.7 Å². The monoisotopic (exact) mass is 183 g/mol. The highest BCUT2D eigenvalue weighted by Crippen LogP contribution is 2.48. The van der Waals surface area contributed by atoms with Gasteiger partial charge < -0.3 is 10.8 Å². The van der Waals surface area contributed by atoms with Crippen LogP contribution in [0.15, 0.2) is 0 Å². The summed E-state index contributed by atoms with van der Waals surface area (Å²) in [6.07, 6.45) is 6.04. The van der Waals surface area contributed by atoms with E-state index in [0.29, 0.717) is 6.54 Å². The molecule has 0 heterocycles. The lowest BCUT2D eigenvalue weighted by atomic mass is 9.71. The van der Waals surface area contributed by atoms with E-state index in [4.69, 9.17) is 5.73 Å². The predicted molar refractivity (Wildman–Crippen MR) is 53.2 cm³/mol. The Bertz CT molecular complexity index is 181. The molecule has 2 aliphatic rings. The topological polar surface area (TPSA) is 46.2 Å². The summed E-state index contributed by atoms with van der Waals surface area (Å²) < 4.78 is 0. The molecule has 0 saturated heterocycles. The molecule has 0 amide bonds. The Morgan fingerprint density at radius 1 is 1.38 bits per heavy atom. The zero-order valence-corrected chi connectivity index (χ0v) is 8.50. The van der Waals surface area contributed by atoms with Crippen LogP contribution in [0.3, 0.4) is 0 Å². The smallest absolute Gasteiger partial charge is 0.0690 e. The molecule has 3 N–H and O–H groups in total. The van der Waals surface area contributed by atoms with Gasteiger partial charge in [0.05, 0.1) is 5.60 Å². The van der Waals surface area contributed by atoms with Crippen molar-refractivity contribution in [2.45, 2.75) is 44.6 Å². The zero-order chi connectivity index (χ0) is 9.47. The van der Waals surface area contributed by atoms with Crippen molar-refractivity contribution < 1.29 is 5.11 Å². The van der Waals surface area contributed by atoms with Gasteiger partial charge in [0.1, 0.15) is 0 Å². The van der Waals surface area contributed by atoms with E-state index in [-0.39, 0.29) is 5.92 Å². The Balaban J connectivity index is 2.07. The highest BCUT2D eigenvalue weighted by molar-refractivity contribution is 4.97. The molecule has 2 aliphatic carbocycles. The number of aliphatic hydroxyl groups is 1. The maximum Gasteiger partial charge on any atom is 0.0690 e. The second-order valence-electron chi connectivity index (χ2n) is 5.19. The fourth-order valence-electron chi connectivity index (χ4n) is 3.25. The lowest BCUT2D eigenvalue weighted by Crippen LogP contribution is -2.44. The van der Waals surface area contributed by atoms with E-state index in [9.17, 15) is 5.11 Å². The maximum atomic E-state index is 10.4. The summed E-state index contributed by atoms with van der Waals surface area (Å²) in [5.41, 5.74) is 5.21. The van der Waals surface area contributed by atoms with Gasteiger partial charge in [0.15, 0.2) is 0 Å². The van der Waals surface area contributed by atoms with Gasteiger partial charge in [-0.3, -0.25) is 0 Å². The lowest BCUT2D eigenvalue weighted by Gasteiger charge is -2.40. The molecule has 0 aliphatic heterocycles. The van der Waals surface area contributed by atoms with Crippen LogP contribution >= 0.6 is 0 Å². The third-order valence-corrected chi connectivity index (χ3v) is 4.20. The number of fused-ring (bicyclic) bond motifs is 2. The Morgan fingerprint density at radius 2 is 1.92 bits per heavy atom. The molecule has 0 spiro atoms. The Labute approximate surface area is 80.5 Å². The van der Waals surface area contributed by atoms with Crippen LogP contribution in [0.5, 0.6) is 0 Å².